The molecule has 1 unspecified atom stereocenters. The molecule has 1 aliphatic heterocycles. The van der Waals surface area contributed by atoms with E-state index < -0.39 is 9.84 Å². The Bertz CT molecular complexity index is 761. The fourth-order valence-corrected chi connectivity index (χ4v) is 3.87. The standard InChI is InChI=1S/C18H23N3O2S/c1-2-24(22,23)17-8-6-16(7-9-17)21-12-10-15(14-21)13-20-18-5-3-4-11-19-18/h3-9,11,15H,2,10,12-14H2,1H3,(H,19,20). The predicted octanol–water partition coefficient (Wildman–Crippen LogP) is 2.81. The third-order valence-corrected chi connectivity index (χ3v) is 6.21. The van der Waals surface area contributed by atoms with Gasteiger partial charge in [0.2, 0.25) is 0 Å². The van der Waals surface area contributed by atoms with Gasteiger partial charge < -0.3 is 10.2 Å². The van der Waals surface area contributed by atoms with Crippen LogP contribution in [0.3, 0.4) is 0 Å². The van der Waals surface area contributed by atoms with Crippen molar-refractivity contribution in [2.45, 2.75) is 18.2 Å². The molecule has 1 aliphatic rings. The van der Waals surface area contributed by atoms with Gasteiger partial charge in [-0.25, -0.2) is 13.4 Å². The van der Waals surface area contributed by atoms with Crippen LogP contribution in [-0.4, -0.2) is 38.8 Å². The lowest BCUT2D eigenvalue weighted by Gasteiger charge is -2.19. The highest BCUT2D eigenvalue weighted by Gasteiger charge is 2.23. The summed E-state index contributed by atoms with van der Waals surface area (Å²) in [5.41, 5.74) is 1.09. The highest BCUT2D eigenvalue weighted by molar-refractivity contribution is 7.91. The van der Waals surface area contributed by atoms with E-state index in [1.807, 2.05) is 30.3 Å². The number of sulfone groups is 1. The van der Waals surface area contributed by atoms with Crippen LogP contribution in [-0.2, 0) is 9.84 Å². The van der Waals surface area contributed by atoms with Crippen molar-refractivity contribution in [2.24, 2.45) is 5.92 Å². The second-order valence-electron chi connectivity index (χ2n) is 6.09. The molecule has 1 aromatic heterocycles. The maximum absolute atomic E-state index is 11.9. The first kappa shape index (κ1) is 16.8. The van der Waals surface area contributed by atoms with Gasteiger partial charge in [0.05, 0.1) is 10.6 Å². The molecule has 1 N–H and O–H groups in total. The Labute approximate surface area is 143 Å². The van der Waals surface area contributed by atoms with Gasteiger partial charge in [0.25, 0.3) is 0 Å². The summed E-state index contributed by atoms with van der Waals surface area (Å²) in [6.45, 7) is 4.53. The van der Waals surface area contributed by atoms with E-state index in [1.54, 1.807) is 25.3 Å². The summed E-state index contributed by atoms with van der Waals surface area (Å²) >= 11 is 0. The monoisotopic (exact) mass is 345 g/mol. The molecule has 3 rings (SSSR count). The summed E-state index contributed by atoms with van der Waals surface area (Å²) in [6, 6.07) is 13.1. The maximum Gasteiger partial charge on any atom is 0.178 e. The average molecular weight is 345 g/mol. The number of anilines is 2. The molecule has 128 valence electrons. The Hall–Kier alpha value is -2.08. The van der Waals surface area contributed by atoms with E-state index in [0.29, 0.717) is 10.8 Å². The van der Waals surface area contributed by atoms with Gasteiger partial charge in [0.15, 0.2) is 9.84 Å². The van der Waals surface area contributed by atoms with Gasteiger partial charge in [0.1, 0.15) is 5.82 Å². The molecule has 0 radical (unpaired) electrons. The number of aromatic nitrogens is 1. The molecule has 0 spiro atoms. The van der Waals surface area contributed by atoms with Crippen molar-refractivity contribution in [1.82, 2.24) is 4.98 Å². The van der Waals surface area contributed by atoms with Crippen LogP contribution in [0.4, 0.5) is 11.5 Å². The van der Waals surface area contributed by atoms with Crippen molar-refractivity contribution in [3.05, 3.63) is 48.7 Å². The van der Waals surface area contributed by atoms with Gasteiger partial charge in [-0.3, -0.25) is 0 Å². The molecular formula is C18H23N3O2S. The minimum Gasteiger partial charge on any atom is -0.371 e. The SMILES string of the molecule is CCS(=O)(=O)c1ccc(N2CCC(CNc3ccccn3)C2)cc1. The third kappa shape index (κ3) is 3.87. The van der Waals surface area contributed by atoms with Crippen LogP contribution in [0.2, 0.25) is 0 Å². The number of pyridine rings is 1. The molecular weight excluding hydrogens is 322 g/mol. The van der Waals surface area contributed by atoms with Crippen molar-refractivity contribution in [2.75, 3.05) is 35.6 Å². The molecule has 1 saturated heterocycles. The molecule has 1 atom stereocenters. The molecule has 1 fully saturated rings. The Morgan fingerprint density at radius 2 is 2.00 bits per heavy atom. The zero-order valence-electron chi connectivity index (χ0n) is 13.9. The molecule has 0 aliphatic carbocycles. The quantitative estimate of drug-likeness (QED) is 0.872. The summed E-state index contributed by atoms with van der Waals surface area (Å²) in [7, 11) is -3.12. The largest absolute Gasteiger partial charge is 0.371 e. The minimum atomic E-state index is -3.12. The van der Waals surface area contributed by atoms with E-state index in [2.05, 4.69) is 15.2 Å². The van der Waals surface area contributed by atoms with Gasteiger partial charge in [-0.1, -0.05) is 13.0 Å². The zero-order chi connectivity index (χ0) is 17.0. The maximum atomic E-state index is 11.9. The Kier molecular flexibility index (Phi) is 5.04. The highest BCUT2D eigenvalue weighted by atomic mass is 32.2. The number of rotatable bonds is 6. The Morgan fingerprint density at radius 3 is 2.67 bits per heavy atom. The van der Waals surface area contributed by atoms with Crippen LogP contribution >= 0.6 is 0 Å². The average Bonchev–Trinajstić information content (AvgIpc) is 3.10. The molecule has 0 saturated carbocycles. The first-order valence-corrected chi connectivity index (χ1v) is 9.96. The summed E-state index contributed by atoms with van der Waals surface area (Å²) in [5.74, 6) is 1.60. The van der Waals surface area contributed by atoms with E-state index in [4.69, 9.17) is 0 Å². The fraction of sp³-hybridized carbons (Fsp3) is 0.389. The van der Waals surface area contributed by atoms with Crippen molar-refractivity contribution in [3.63, 3.8) is 0 Å². The lowest BCUT2D eigenvalue weighted by atomic mass is 10.1. The summed E-state index contributed by atoms with van der Waals surface area (Å²) in [5, 5.41) is 3.38. The number of benzene rings is 1. The van der Waals surface area contributed by atoms with Gasteiger partial charge in [0, 0.05) is 31.5 Å². The molecule has 1 aromatic carbocycles. The Morgan fingerprint density at radius 1 is 1.21 bits per heavy atom. The zero-order valence-corrected chi connectivity index (χ0v) is 14.7. The molecule has 5 nitrogen and oxygen atoms in total. The van der Waals surface area contributed by atoms with Crippen molar-refractivity contribution < 1.29 is 8.42 Å². The van der Waals surface area contributed by atoms with Crippen molar-refractivity contribution in [1.29, 1.82) is 0 Å². The third-order valence-electron chi connectivity index (χ3n) is 4.46. The van der Waals surface area contributed by atoms with E-state index in [1.165, 1.54) is 0 Å². The number of hydrogen-bond donors (Lipinski definition) is 1. The molecule has 24 heavy (non-hydrogen) atoms. The first-order valence-electron chi connectivity index (χ1n) is 8.31. The molecule has 0 amide bonds. The summed E-state index contributed by atoms with van der Waals surface area (Å²) < 4.78 is 23.8. The normalized spacial score (nSPS) is 17.9. The van der Waals surface area contributed by atoms with E-state index >= 15 is 0 Å². The molecule has 2 heterocycles. The Balaban J connectivity index is 1.57. The van der Waals surface area contributed by atoms with E-state index in [9.17, 15) is 8.42 Å². The molecule has 2 aromatic rings. The number of nitrogens with zero attached hydrogens (tertiary/aromatic N) is 2. The van der Waals surface area contributed by atoms with Crippen LogP contribution in [0.5, 0.6) is 0 Å². The van der Waals surface area contributed by atoms with Crippen molar-refractivity contribution >= 4 is 21.3 Å². The minimum absolute atomic E-state index is 0.136. The smallest absolute Gasteiger partial charge is 0.178 e. The van der Waals surface area contributed by atoms with Crippen LogP contribution in [0.25, 0.3) is 0 Å². The van der Waals surface area contributed by atoms with Crippen LogP contribution in [0, 0.1) is 5.92 Å². The van der Waals surface area contributed by atoms with E-state index in [-0.39, 0.29) is 5.75 Å². The molecule has 6 heteroatoms. The lowest BCUT2D eigenvalue weighted by Crippen LogP contribution is -2.22. The van der Waals surface area contributed by atoms with Gasteiger partial charge >= 0.3 is 0 Å². The summed E-state index contributed by atoms with van der Waals surface area (Å²) in [4.78, 5) is 6.99. The van der Waals surface area contributed by atoms with E-state index in [0.717, 1.165) is 37.6 Å². The van der Waals surface area contributed by atoms with Gasteiger partial charge in [-0.15, -0.1) is 0 Å². The van der Waals surface area contributed by atoms with Crippen LogP contribution in [0.15, 0.2) is 53.6 Å². The van der Waals surface area contributed by atoms with Gasteiger partial charge in [-0.05, 0) is 48.7 Å². The number of hydrogen-bond acceptors (Lipinski definition) is 5. The first-order chi connectivity index (χ1) is 11.6. The molecule has 0 bridgehead atoms. The van der Waals surface area contributed by atoms with Crippen LogP contribution < -0.4 is 10.2 Å². The van der Waals surface area contributed by atoms with Gasteiger partial charge in [-0.2, -0.15) is 0 Å². The second kappa shape index (κ2) is 7.21. The topological polar surface area (TPSA) is 62.3 Å². The van der Waals surface area contributed by atoms with Crippen molar-refractivity contribution in [3.8, 4) is 0 Å². The summed E-state index contributed by atoms with van der Waals surface area (Å²) in [6.07, 6.45) is 2.91. The lowest BCUT2D eigenvalue weighted by molar-refractivity contribution is 0.597. The van der Waals surface area contributed by atoms with Crippen LogP contribution in [0.1, 0.15) is 13.3 Å². The fourth-order valence-electron chi connectivity index (χ4n) is 2.98. The second-order valence-corrected chi connectivity index (χ2v) is 8.37. The number of nitrogens with one attached hydrogen (secondary N) is 1. The highest BCUT2D eigenvalue weighted by Crippen LogP contribution is 2.25. The predicted molar refractivity (Wildman–Crippen MR) is 97.2 cm³/mol.